The summed E-state index contributed by atoms with van der Waals surface area (Å²) >= 11 is 0. The Morgan fingerprint density at radius 3 is 2.47 bits per heavy atom. The van der Waals surface area contributed by atoms with E-state index in [1.54, 1.807) is 12.1 Å². The summed E-state index contributed by atoms with van der Waals surface area (Å²) in [4.78, 5) is 4.28. The predicted octanol–water partition coefficient (Wildman–Crippen LogP) is 5.14. The number of hydrogen-bond donors (Lipinski definition) is 2. The Labute approximate surface area is 173 Å². The van der Waals surface area contributed by atoms with Crippen molar-refractivity contribution in [2.45, 2.75) is 18.9 Å². The van der Waals surface area contributed by atoms with Gasteiger partial charge in [-0.25, -0.2) is 4.98 Å². The highest BCUT2D eigenvalue weighted by molar-refractivity contribution is 5.45. The van der Waals surface area contributed by atoms with Crippen molar-refractivity contribution in [3.8, 4) is 34.8 Å². The van der Waals surface area contributed by atoms with Crippen molar-refractivity contribution in [1.29, 1.82) is 0 Å². The Morgan fingerprint density at radius 1 is 0.933 bits per heavy atom. The van der Waals surface area contributed by atoms with Crippen LogP contribution in [-0.4, -0.2) is 19.8 Å². The maximum atomic E-state index is 9.83. The minimum atomic E-state index is -0.0635. The standard InChI is InChI=1S/C24H20N2O4/c27-23-12-13-24(28)26(23)18-7-11-22(25-15-18)29-19-8-10-21-17(14-19)6-9-20(30-21)16-4-2-1-3-5-16/h1-5,7-8,10-15,20,27-28H,6,9H2. The fraction of sp³-hybridized carbons (Fsp3) is 0.125. The molecule has 0 spiro atoms. The summed E-state index contributed by atoms with van der Waals surface area (Å²) in [6.45, 7) is 0. The second-order valence-corrected chi connectivity index (χ2v) is 7.17. The first kappa shape index (κ1) is 18.1. The molecule has 30 heavy (non-hydrogen) atoms. The average Bonchev–Trinajstić information content (AvgIpc) is 3.12. The number of fused-ring (bicyclic) bond motifs is 1. The molecule has 1 atom stereocenters. The fourth-order valence-electron chi connectivity index (χ4n) is 3.70. The maximum absolute atomic E-state index is 9.83. The molecule has 0 saturated carbocycles. The van der Waals surface area contributed by atoms with Crippen molar-refractivity contribution in [3.63, 3.8) is 0 Å². The second-order valence-electron chi connectivity index (χ2n) is 7.17. The molecule has 6 heteroatoms. The van der Waals surface area contributed by atoms with Gasteiger partial charge in [0, 0.05) is 18.2 Å². The zero-order valence-electron chi connectivity index (χ0n) is 16.1. The highest BCUT2D eigenvalue weighted by Gasteiger charge is 2.21. The van der Waals surface area contributed by atoms with Crippen LogP contribution in [-0.2, 0) is 6.42 Å². The van der Waals surface area contributed by atoms with Gasteiger partial charge in [-0.15, -0.1) is 0 Å². The lowest BCUT2D eigenvalue weighted by atomic mass is 9.97. The molecule has 6 nitrogen and oxygen atoms in total. The number of aryl methyl sites for hydroxylation is 1. The molecule has 2 aromatic carbocycles. The van der Waals surface area contributed by atoms with Gasteiger partial charge in [0.2, 0.25) is 5.88 Å². The molecular formula is C24H20N2O4. The average molecular weight is 400 g/mol. The Bertz CT molecular complexity index is 1150. The van der Waals surface area contributed by atoms with Crippen LogP contribution in [0, 0.1) is 0 Å². The molecule has 0 saturated heterocycles. The highest BCUT2D eigenvalue weighted by Crippen LogP contribution is 2.37. The Balaban J connectivity index is 1.31. The summed E-state index contributed by atoms with van der Waals surface area (Å²) in [6, 6.07) is 22.3. The van der Waals surface area contributed by atoms with Crippen LogP contribution in [0.15, 0.2) is 79.0 Å². The molecule has 1 unspecified atom stereocenters. The van der Waals surface area contributed by atoms with Gasteiger partial charge in [0.05, 0.1) is 11.9 Å². The van der Waals surface area contributed by atoms with Crippen molar-refractivity contribution in [3.05, 3.63) is 90.1 Å². The van der Waals surface area contributed by atoms with Crippen molar-refractivity contribution in [2.24, 2.45) is 0 Å². The Hall–Kier alpha value is -3.93. The summed E-state index contributed by atoms with van der Waals surface area (Å²) in [5, 5.41) is 19.7. The summed E-state index contributed by atoms with van der Waals surface area (Å²) in [5.41, 5.74) is 2.83. The van der Waals surface area contributed by atoms with Gasteiger partial charge in [0.15, 0.2) is 11.8 Å². The number of pyridine rings is 1. The van der Waals surface area contributed by atoms with Gasteiger partial charge < -0.3 is 19.7 Å². The molecule has 4 aromatic rings. The van der Waals surface area contributed by atoms with E-state index < -0.39 is 0 Å². The van der Waals surface area contributed by atoms with Gasteiger partial charge in [-0.3, -0.25) is 4.57 Å². The lowest BCUT2D eigenvalue weighted by molar-refractivity contribution is 0.176. The molecule has 5 rings (SSSR count). The summed E-state index contributed by atoms with van der Waals surface area (Å²) in [6.07, 6.45) is 3.42. The zero-order chi connectivity index (χ0) is 20.5. The van der Waals surface area contributed by atoms with E-state index in [9.17, 15) is 10.2 Å². The SMILES string of the molecule is Oc1ccc(O)n1-c1ccc(Oc2ccc3c(c2)CCC(c2ccccc2)O3)nc1. The molecule has 0 amide bonds. The van der Waals surface area contributed by atoms with Crippen LogP contribution in [0.25, 0.3) is 5.69 Å². The van der Waals surface area contributed by atoms with Crippen LogP contribution in [0.5, 0.6) is 29.1 Å². The maximum Gasteiger partial charge on any atom is 0.219 e. The van der Waals surface area contributed by atoms with Crippen LogP contribution in [0.4, 0.5) is 0 Å². The van der Waals surface area contributed by atoms with Crippen molar-refractivity contribution in [2.75, 3.05) is 0 Å². The summed E-state index contributed by atoms with van der Waals surface area (Å²) < 4.78 is 13.4. The van der Waals surface area contributed by atoms with Crippen molar-refractivity contribution >= 4 is 0 Å². The largest absolute Gasteiger partial charge is 0.494 e. The van der Waals surface area contributed by atoms with Gasteiger partial charge >= 0.3 is 0 Å². The number of hydrogen-bond acceptors (Lipinski definition) is 5. The first-order valence-corrected chi connectivity index (χ1v) is 9.76. The topological polar surface area (TPSA) is 76.7 Å². The van der Waals surface area contributed by atoms with E-state index in [1.165, 1.54) is 28.5 Å². The normalized spacial score (nSPS) is 15.3. The quantitative estimate of drug-likeness (QED) is 0.496. The van der Waals surface area contributed by atoms with Crippen LogP contribution in [0.2, 0.25) is 0 Å². The minimum absolute atomic E-state index is 0.0635. The molecule has 0 bridgehead atoms. The molecule has 2 aromatic heterocycles. The molecule has 150 valence electrons. The molecule has 2 N–H and O–H groups in total. The third-order valence-electron chi connectivity index (χ3n) is 5.19. The molecule has 3 heterocycles. The van der Waals surface area contributed by atoms with E-state index in [-0.39, 0.29) is 17.9 Å². The van der Waals surface area contributed by atoms with E-state index in [1.807, 2.05) is 36.4 Å². The molecule has 0 radical (unpaired) electrons. The van der Waals surface area contributed by atoms with E-state index in [2.05, 4.69) is 17.1 Å². The van der Waals surface area contributed by atoms with Gasteiger partial charge in [-0.1, -0.05) is 30.3 Å². The monoisotopic (exact) mass is 400 g/mol. The molecule has 0 aliphatic carbocycles. The number of aromatic nitrogens is 2. The molecule has 0 fully saturated rings. The third kappa shape index (κ3) is 3.43. The van der Waals surface area contributed by atoms with Crippen LogP contribution < -0.4 is 9.47 Å². The lowest BCUT2D eigenvalue weighted by Gasteiger charge is -2.26. The van der Waals surface area contributed by atoms with Crippen molar-refractivity contribution in [1.82, 2.24) is 9.55 Å². The smallest absolute Gasteiger partial charge is 0.219 e. The lowest BCUT2D eigenvalue weighted by Crippen LogP contribution is -2.15. The highest BCUT2D eigenvalue weighted by atomic mass is 16.5. The van der Waals surface area contributed by atoms with Gasteiger partial charge in [0.1, 0.15) is 17.6 Å². The fourth-order valence-corrected chi connectivity index (χ4v) is 3.70. The number of ether oxygens (including phenoxy) is 2. The van der Waals surface area contributed by atoms with Crippen LogP contribution in [0.3, 0.4) is 0 Å². The van der Waals surface area contributed by atoms with E-state index in [4.69, 9.17) is 9.47 Å². The number of rotatable bonds is 4. The Morgan fingerprint density at radius 2 is 1.73 bits per heavy atom. The zero-order valence-corrected chi connectivity index (χ0v) is 16.1. The van der Waals surface area contributed by atoms with E-state index >= 15 is 0 Å². The Kier molecular flexibility index (Phi) is 4.52. The molecule has 1 aliphatic heterocycles. The molecular weight excluding hydrogens is 380 g/mol. The summed E-state index contributed by atoms with van der Waals surface area (Å²) in [7, 11) is 0. The minimum Gasteiger partial charge on any atom is -0.494 e. The predicted molar refractivity (Wildman–Crippen MR) is 112 cm³/mol. The number of nitrogens with zero attached hydrogens (tertiary/aromatic N) is 2. The van der Waals surface area contributed by atoms with E-state index in [0.29, 0.717) is 17.3 Å². The van der Waals surface area contributed by atoms with Gasteiger partial charge in [0.25, 0.3) is 0 Å². The number of benzene rings is 2. The summed E-state index contributed by atoms with van der Waals surface area (Å²) in [5.74, 6) is 1.85. The first-order valence-electron chi connectivity index (χ1n) is 9.76. The van der Waals surface area contributed by atoms with E-state index in [0.717, 1.165) is 24.2 Å². The second kappa shape index (κ2) is 7.48. The van der Waals surface area contributed by atoms with Crippen molar-refractivity contribution < 1.29 is 19.7 Å². The van der Waals surface area contributed by atoms with Crippen LogP contribution >= 0.6 is 0 Å². The van der Waals surface area contributed by atoms with Gasteiger partial charge in [-0.2, -0.15) is 0 Å². The van der Waals surface area contributed by atoms with Gasteiger partial charge in [-0.05, 0) is 48.2 Å². The first-order chi connectivity index (χ1) is 14.7. The number of aromatic hydroxyl groups is 2. The molecule has 1 aliphatic rings. The van der Waals surface area contributed by atoms with Crippen LogP contribution in [0.1, 0.15) is 23.7 Å². The third-order valence-corrected chi connectivity index (χ3v) is 5.19.